The van der Waals surface area contributed by atoms with Gasteiger partial charge in [0.1, 0.15) is 0 Å². The summed E-state index contributed by atoms with van der Waals surface area (Å²) in [5, 5.41) is 4.29. The third-order valence-electron chi connectivity index (χ3n) is 7.99. The molecule has 0 spiro atoms. The molecule has 0 N–H and O–H groups in total. The first-order valence-electron chi connectivity index (χ1n) is 13.5. The van der Waals surface area contributed by atoms with Gasteiger partial charge in [-0.1, -0.05) is 59.6 Å². The first-order chi connectivity index (χ1) is 19.0. The van der Waals surface area contributed by atoms with Gasteiger partial charge in [-0.05, 0) is 62.2 Å². The Morgan fingerprint density at radius 2 is 1.74 bits per heavy atom. The molecule has 196 valence electrons. The Balaban J connectivity index is 1.19. The molecule has 7 nitrogen and oxygen atoms in total. The van der Waals surface area contributed by atoms with Crippen LogP contribution in [0.4, 0.5) is 11.4 Å². The van der Waals surface area contributed by atoms with Crippen LogP contribution in [-0.4, -0.2) is 34.5 Å². The average Bonchev–Trinajstić information content (AvgIpc) is 3.71. The summed E-state index contributed by atoms with van der Waals surface area (Å²) in [6.45, 7) is 2.54. The second-order valence-electron chi connectivity index (χ2n) is 10.6. The predicted molar refractivity (Wildman–Crippen MR) is 150 cm³/mol. The summed E-state index contributed by atoms with van der Waals surface area (Å²) < 4.78 is 5.69. The summed E-state index contributed by atoms with van der Waals surface area (Å²) in [5.41, 5.74) is 4.56. The van der Waals surface area contributed by atoms with Gasteiger partial charge < -0.3 is 14.3 Å². The molecule has 3 heterocycles. The standard InChI is InChI=1S/C31H28N4O3S/c1-19-10-13-22(14-11-19)34-18-21(17-28(34)36)30-32-29(33-38-30)20-12-15-25-27(16-20)39-26-9-5-4-8-24(26)31(37)35(25)23-6-2-3-7-23/h4-5,8-16,21,23H,2-3,6-7,17-18H2,1H3. The van der Waals surface area contributed by atoms with Crippen LogP contribution in [0.3, 0.4) is 0 Å². The quantitative estimate of drug-likeness (QED) is 0.292. The fourth-order valence-corrected chi connectivity index (χ4v) is 7.02. The smallest absolute Gasteiger partial charge is 0.259 e. The van der Waals surface area contributed by atoms with Crippen LogP contribution in [0.25, 0.3) is 11.4 Å². The summed E-state index contributed by atoms with van der Waals surface area (Å²) in [5.74, 6) is 0.940. The van der Waals surface area contributed by atoms with Crippen molar-refractivity contribution in [3.63, 3.8) is 0 Å². The molecule has 2 fully saturated rings. The third-order valence-corrected chi connectivity index (χ3v) is 9.11. The van der Waals surface area contributed by atoms with Gasteiger partial charge in [0.05, 0.1) is 17.2 Å². The van der Waals surface area contributed by atoms with Gasteiger partial charge in [0, 0.05) is 40.0 Å². The zero-order valence-electron chi connectivity index (χ0n) is 21.7. The zero-order valence-corrected chi connectivity index (χ0v) is 22.5. The van der Waals surface area contributed by atoms with E-state index >= 15 is 0 Å². The average molecular weight is 537 g/mol. The van der Waals surface area contributed by atoms with Gasteiger partial charge in [-0.2, -0.15) is 4.98 Å². The van der Waals surface area contributed by atoms with Crippen LogP contribution in [0.15, 0.2) is 81.0 Å². The number of hydrogen-bond donors (Lipinski definition) is 0. The summed E-state index contributed by atoms with van der Waals surface area (Å²) in [6.07, 6.45) is 4.67. The Labute approximate surface area is 231 Å². The summed E-state index contributed by atoms with van der Waals surface area (Å²) >= 11 is 1.61. The zero-order chi connectivity index (χ0) is 26.5. The molecule has 1 atom stereocenters. The Hall–Kier alpha value is -3.91. The molecule has 1 saturated carbocycles. The molecule has 1 aromatic heterocycles. The number of rotatable bonds is 4. The fraction of sp³-hybridized carbons (Fsp3) is 0.290. The number of benzene rings is 3. The topological polar surface area (TPSA) is 79.5 Å². The number of hydrogen-bond acceptors (Lipinski definition) is 6. The van der Waals surface area contributed by atoms with Crippen LogP contribution in [0.1, 0.15) is 59.8 Å². The van der Waals surface area contributed by atoms with Crippen molar-refractivity contribution in [2.75, 3.05) is 16.3 Å². The molecular weight excluding hydrogens is 508 g/mol. The van der Waals surface area contributed by atoms with E-state index in [0.29, 0.717) is 24.7 Å². The largest absolute Gasteiger partial charge is 0.339 e. The van der Waals surface area contributed by atoms with E-state index in [1.807, 2.05) is 72.5 Å². The summed E-state index contributed by atoms with van der Waals surface area (Å²) in [4.78, 5) is 37.0. The highest BCUT2D eigenvalue weighted by atomic mass is 32.2. The molecule has 7 rings (SSSR count). The van der Waals surface area contributed by atoms with Gasteiger partial charge in [-0.15, -0.1) is 0 Å². The van der Waals surface area contributed by atoms with Crippen molar-refractivity contribution in [3.8, 4) is 11.4 Å². The van der Waals surface area contributed by atoms with E-state index in [1.165, 1.54) is 0 Å². The van der Waals surface area contributed by atoms with E-state index in [1.54, 1.807) is 16.7 Å². The molecule has 0 radical (unpaired) electrons. The lowest BCUT2D eigenvalue weighted by molar-refractivity contribution is -0.117. The molecule has 2 amide bonds. The maximum absolute atomic E-state index is 13.7. The van der Waals surface area contributed by atoms with Gasteiger partial charge in [0.2, 0.25) is 17.6 Å². The molecule has 1 aliphatic carbocycles. The van der Waals surface area contributed by atoms with Crippen LogP contribution in [0, 0.1) is 6.92 Å². The molecule has 2 aliphatic heterocycles. The lowest BCUT2D eigenvalue weighted by Crippen LogP contribution is -2.39. The number of carbonyl (C=O) groups is 2. The molecule has 3 aromatic carbocycles. The minimum Gasteiger partial charge on any atom is -0.339 e. The fourth-order valence-electron chi connectivity index (χ4n) is 5.91. The van der Waals surface area contributed by atoms with Crippen LogP contribution < -0.4 is 9.80 Å². The molecule has 39 heavy (non-hydrogen) atoms. The van der Waals surface area contributed by atoms with Crippen molar-refractivity contribution < 1.29 is 14.1 Å². The number of carbonyl (C=O) groups excluding carboxylic acids is 2. The monoisotopic (exact) mass is 536 g/mol. The van der Waals surface area contributed by atoms with Crippen LogP contribution in [0.5, 0.6) is 0 Å². The first kappa shape index (κ1) is 24.2. The maximum atomic E-state index is 13.7. The molecule has 8 heteroatoms. The third kappa shape index (κ3) is 4.33. The second-order valence-corrected chi connectivity index (χ2v) is 11.7. The first-order valence-corrected chi connectivity index (χ1v) is 14.3. The van der Waals surface area contributed by atoms with E-state index in [4.69, 9.17) is 9.51 Å². The van der Waals surface area contributed by atoms with E-state index in [-0.39, 0.29) is 23.8 Å². The highest BCUT2D eigenvalue weighted by molar-refractivity contribution is 7.99. The van der Waals surface area contributed by atoms with Crippen LogP contribution >= 0.6 is 11.8 Å². The van der Waals surface area contributed by atoms with Crippen molar-refractivity contribution in [3.05, 3.63) is 83.7 Å². The summed E-state index contributed by atoms with van der Waals surface area (Å²) in [7, 11) is 0. The second kappa shape index (κ2) is 9.68. The minimum atomic E-state index is -0.155. The molecule has 1 unspecified atom stereocenters. The van der Waals surface area contributed by atoms with Crippen molar-refractivity contribution in [2.24, 2.45) is 0 Å². The number of aromatic nitrogens is 2. The maximum Gasteiger partial charge on any atom is 0.259 e. The van der Waals surface area contributed by atoms with Crippen LogP contribution in [-0.2, 0) is 4.79 Å². The van der Waals surface area contributed by atoms with E-state index in [9.17, 15) is 9.59 Å². The van der Waals surface area contributed by atoms with Crippen LogP contribution in [0.2, 0.25) is 0 Å². The van der Waals surface area contributed by atoms with E-state index in [0.717, 1.165) is 63.5 Å². The Bertz CT molecular complexity index is 1570. The highest BCUT2D eigenvalue weighted by Gasteiger charge is 2.36. The van der Waals surface area contributed by atoms with Gasteiger partial charge in [-0.25, -0.2) is 0 Å². The Kier molecular flexibility index (Phi) is 6.00. The molecular formula is C31H28N4O3S. The number of fused-ring (bicyclic) bond motifs is 2. The van der Waals surface area contributed by atoms with E-state index < -0.39 is 0 Å². The number of aryl methyl sites for hydroxylation is 1. The minimum absolute atomic E-state index is 0.0559. The normalized spacial score (nSPS) is 19.4. The lowest BCUT2D eigenvalue weighted by Gasteiger charge is -2.29. The highest BCUT2D eigenvalue weighted by Crippen LogP contribution is 2.45. The number of anilines is 2. The van der Waals surface area contributed by atoms with Gasteiger partial charge in [0.15, 0.2) is 0 Å². The van der Waals surface area contributed by atoms with E-state index in [2.05, 4.69) is 11.2 Å². The predicted octanol–water partition coefficient (Wildman–Crippen LogP) is 6.62. The van der Waals surface area contributed by atoms with Crippen molar-refractivity contribution in [1.29, 1.82) is 0 Å². The van der Waals surface area contributed by atoms with Gasteiger partial charge >= 0.3 is 0 Å². The Morgan fingerprint density at radius 1 is 0.949 bits per heavy atom. The van der Waals surface area contributed by atoms with Crippen molar-refractivity contribution in [1.82, 2.24) is 10.1 Å². The SMILES string of the molecule is Cc1ccc(N2CC(c3nc(-c4ccc5c(c4)Sc4ccccc4C(=O)N5C4CCCC4)no3)CC2=O)cc1. The van der Waals surface area contributed by atoms with Gasteiger partial charge in [0.25, 0.3) is 5.91 Å². The van der Waals surface area contributed by atoms with Crippen molar-refractivity contribution in [2.45, 2.75) is 60.8 Å². The Morgan fingerprint density at radius 3 is 2.56 bits per heavy atom. The lowest BCUT2D eigenvalue weighted by atomic mass is 10.1. The molecule has 4 aromatic rings. The molecule has 1 saturated heterocycles. The van der Waals surface area contributed by atoms with Gasteiger partial charge in [-0.3, -0.25) is 9.59 Å². The molecule has 0 bridgehead atoms. The van der Waals surface area contributed by atoms with Crippen molar-refractivity contribution >= 4 is 35.0 Å². The number of nitrogens with zero attached hydrogens (tertiary/aromatic N) is 4. The molecule has 3 aliphatic rings. The number of amides is 2. The summed E-state index contributed by atoms with van der Waals surface area (Å²) in [6, 6.07) is 22.1.